The van der Waals surface area contributed by atoms with E-state index in [1.54, 1.807) is 6.07 Å². The molecule has 0 unspecified atom stereocenters. The van der Waals surface area contributed by atoms with Crippen LogP contribution in [0.5, 0.6) is 0 Å². The molecule has 0 radical (unpaired) electrons. The number of nitrogens with one attached hydrogen (secondary N) is 2. The first kappa shape index (κ1) is 13.6. The molecule has 0 aromatic carbocycles. The van der Waals surface area contributed by atoms with Crippen LogP contribution in [0.15, 0.2) is 6.33 Å². The number of nitrogens with zero attached hydrogens (tertiary/aromatic N) is 4. The van der Waals surface area contributed by atoms with Gasteiger partial charge in [0.15, 0.2) is 0 Å². The second-order valence-electron chi connectivity index (χ2n) is 4.05. The van der Waals surface area contributed by atoms with Crippen molar-refractivity contribution in [1.82, 2.24) is 25.4 Å². The van der Waals surface area contributed by atoms with Crippen molar-refractivity contribution in [2.75, 3.05) is 6.54 Å². The Hall–Kier alpha value is -2.43. The Labute approximate surface area is 104 Å². The number of aromatic nitrogens is 3. The standard InChI is InChI=1S/C10H14N6O2/c1-7(2)4-12-10(18)14-9(17)5-16-6-13-15-8(16)3-11/h6-7H,4-5H2,1-2H3,(H2,12,14,17,18). The van der Waals surface area contributed by atoms with Crippen LogP contribution in [-0.4, -0.2) is 33.2 Å². The highest BCUT2D eigenvalue weighted by Crippen LogP contribution is 1.92. The minimum absolute atomic E-state index is 0.0211. The highest BCUT2D eigenvalue weighted by Gasteiger charge is 2.11. The third-order valence-corrected chi connectivity index (χ3v) is 1.95. The topological polar surface area (TPSA) is 113 Å². The Kier molecular flexibility index (Phi) is 4.80. The molecule has 1 heterocycles. The molecule has 0 bridgehead atoms. The van der Waals surface area contributed by atoms with Crippen LogP contribution in [-0.2, 0) is 11.3 Å². The fraction of sp³-hybridized carbons (Fsp3) is 0.500. The molecular weight excluding hydrogens is 236 g/mol. The Morgan fingerprint density at radius 3 is 2.89 bits per heavy atom. The molecule has 2 N–H and O–H groups in total. The van der Waals surface area contributed by atoms with Crippen molar-refractivity contribution in [3.8, 4) is 6.07 Å². The number of amides is 3. The lowest BCUT2D eigenvalue weighted by molar-refractivity contribution is -0.120. The number of carbonyl (C=O) groups is 2. The summed E-state index contributed by atoms with van der Waals surface area (Å²) in [4.78, 5) is 22.8. The fourth-order valence-corrected chi connectivity index (χ4v) is 1.12. The Balaban J connectivity index is 2.43. The summed E-state index contributed by atoms with van der Waals surface area (Å²) in [5.41, 5.74) is 0. The number of carbonyl (C=O) groups excluding carboxylic acids is 2. The molecule has 0 aliphatic heterocycles. The molecule has 0 saturated heterocycles. The number of hydrogen-bond acceptors (Lipinski definition) is 5. The highest BCUT2D eigenvalue weighted by molar-refractivity contribution is 5.94. The summed E-state index contributed by atoms with van der Waals surface area (Å²) in [6.07, 6.45) is 1.25. The van der Waals surface area contributed by atoms with E-state index in [9.17, 15) is 9.59 Å². The summed E-state index contributed by atoms with van der Waals surface area (Å²) in [6.45, 7) is 4.19. The van der Waals surface area contributed by atoms with E-state index in [-0.39, 0.29) is 12.4 Å². The number of rotatable bonds is 4. The summed E-state index contributed by atoms with van der Waals surface area (Å²) in [6, 6.07) is 1.23. The van der Waals surface area contributed by atoms with E-state index in [2.05, 4.69) is 20.8 Å². The van der Waals surface area contributed by atoms with Crippen LogP contribution in [0.1, 0.15) is 19.7 Å². The predicted octanol–water partition coefficient (Wildman–Crippen LogP) is -0.368. The zero-order valence-corrected chi connectivity index (χ0v) is 10.2. The van der Waals surface area contributed by atoms with Gasteiger partial charge in [0.05, 0.1) is 0 Å². The molecule has 1 rings (SSSR count). The van der Waals surface area contributed by atoms with Gasteiger partial charge in [0.2, 0.25) is 11.7 Å². The van der Waals surface area contributed by atoms with Crippen LogP contribution in [0.3, 0.4) is 0 Å². The fourth-order valence-electron chi connectivity index (χ4n) is 1.12. The van der Waals surface area contributed by atoms with E-state index in [0.29, 0.717) is 12.5 Å². The smallest absolute Gasteiger partial charge is 0.321 e. The van der Waals surface area contributed by atoms with Gasteiger partial charge in [0.1, 0.15) is 18.9 Å². The lowest BCUT2D eigenvalue weighted by atomic mass is 10.2. The van der Waals surface area contributed by atoms with Crippen molar-refractivity contribution in [2.45, 2.75) is 20.4 Å². The summed E-state index contributed by atoms with van der Waals surface area (Å²) in [5.74, 6) is -0.214. The lowest BCUT2D eigenvalue weighted by Crippen LogP contribution is -2.42. The van der Waals surface area contributed by atoms with Gasteiger partial charge in [-0.15, -0.1) is 10.2 Å². The van der Waals surface area contributed by atoms with E-state index in [4.69, 9.17) is 5.26 Å². The van der Waals surface area contributed by atoms with Crippen LogP contribution in [0.4, 0.5) is 4.79 Å². The van der Waals surface area contributed by atoms with Gasteiger partial charge in [0, 0.05) is 6.54 Å². The molecule has 0 aliphatic carbocycles. The van der Waals surface area contributed by atoms with Gasteiger partial charge in [-0.05, 0) is 5.92 Å². The van der Waals surface area contributed by atoms with E-state index >= 15 is 0 Å². The zero-order chi connectivity index (χ0) is 13.5. The second-order valence-corrected chi connectivity index (χ2v) is 4.05. The second kappa shape index (κ2) is 6.34. The molecule has 0 spiro atoms. The average Bonchev–Trinajstić information content (AvgIpc) is 2.73. The van der Waals surface area contributed by atoms with E-state index in [0.717, 1.165) is 0 Å². The van der Waals surface area contributed by atoms with Crippen LogP contribution in [0.25, 0.3) is 0 Å². The first-order valence-corrected chi connectivity index (χ1v) is 5.38. The number of urea groups is 1. The monoisotopic (exact) mass is 250 g/mol. The average molecular weight is 250 g/mol. The minimum atomic E-state index is -0.555. The van der Waals surface area contributed by atoms with Gasteiger partial charge in [-0.3, -0.25) is 14.7 Å². The molecule has 0 atom stereocenters. The summed E-state index contributed by atoms with van der Waals surface area (Å²) in [5, 5.41) is 20.4. The van der Waals surface area contributed by atoms with Crippen molar-refractivity contribution >= 4 is 11.9 Å². The first-order chi connectivity index (χ1) is 8.52. The summed E-state index contributed by atoms with van der Waals surface area (Å²) >= 11 is 0. The largest absolute Gasteiger partial charge is 0.338 e. The molecular formula is C10H14N6O2. The van der Waals surface area contributed by atoms with Crippen LogP contribution < -0.4 is 10.6 Å². The zero-order valence-electron chi connectivity index (χ0n) is 10.2. The summed E-state index contributed by atoms with van der Waals surface area (Å²) < 4.78 is 1.26. The minimum Gasteiger partial charge on any atom is -0.338 e. The van der Waals surface area contributed by atoms with Gasteiger partial charge in [-0.2, -0.15) is 5.26 Å². The molecule has 1 aromatic heterocycles. The number of imide groups is 1. The molecule has 0 aliphatic rings. The Bertz CT molecular complexity index is 473. The van der Waals surface area contributed by atoms with E-state index < -0.39 is 11.9 Å². The van der Waals surface area contributed by atoms with Crippen molar-refractivity contribution in [3.05, 3.63) is 12.2 Å². The SMILES string of the molecule is CC(C)CNC(=O)NC(=O)Cn1cnnc1C#N. The number of nitriles is 1. The Morgan fingerprint density at radius 1 is 1.56 bits per heavy atom. The normalized spacial score (nSPS) is 9.89. The third-order valence-electron chi connectivity index (χ3n) is 1.95. The van der Waals surface area contributed by atoms with Crippen molar-refractivity contribution in [3.63, 3.8) is 0 Å². The third kappa shape index (κ3) is 4.21. The van der Waals surface area contributed by atoms with E-state index in [1.807, 2.05) is 13.8 Å². The van der Waals surface area contributed by atoms with Crippen LogP contribution in [0.2, 0.25) is 0 Å². The highest BCUT2D eigenvalue weighted by atomic mass is 16.2. The lowest BCUT2D eigenvalue weighted by Gasteiger charge is -2.08. The van der Waals surface area contributed by atoms with Crippen molar-refractivity contribution in [1.29, 1.82) is 5.26 Å². The molecule has 8 heteroatoms. The van der Waals surface area contributed by atoms with Gasteiger partial charge in [-0.25, -0.2) is 4.79 Å². The van der Waals surface area contributed by atoms with Gasteiger partial charge in [-0.1, -0.05) is 13.8 Å². The molecule has 0 saturated carbocycles. The quantitative estimate of drug-likeness (QED) is 0.757. The first-order valence-electron chi connectivity index (χ1n) is 5.38. The molecule has 0 fully saturated rings. The summed E-state index contributed by atoms with van der Waals surface area (Å²) in [7, 11) is 0. The molecule has 8 nitrogen and oxygen atoms in total. The van der Waals surface area contributed by atoms with Crippen molar-refractivity contribution in [2.24, 2.45) is 5.92 Å². The molecule has 3 amide bonds. The maximum absolute atomic E-state index is 11.5. The maximum atomic E-state index is 11.5. The van der Waals surface area contributed by atoms with Crippen molar-refractivity contribution < 1.29 is 9.59 Å². The van der Waals surface area contributed by atoms with Gasteiger partial charge >= 0.3 is 6.03 Å². The predicted molar refractivity (Wildman–Crippen MR) is 61.1 cm³/mol. The molecule has 1 aromatic rings. The number of hydrogen-bond donors (Lipinski definition) is 2. The molecule has 18 heavy (non-hydrogen) atoms. The van der Waals surface area contributed by atoms with Gasteiger partial charge in [0.25, 0.3) is 0 Å². The van der Waals surface area contributed by atoms with Crippen LogP contribution >= 0.6 is 0 Å². The Morgan fingerprint density at radius 2 is 2.28 bits per heavy atom. The van der Waals surface area contributed by atoms with Gasteiger partial charge < -0.3 is 5.32 Å². The van der Waals surface area contributed by atoms with E-state index in [1.165, 1.54) is 10.9 Å². The maximum Gasteiger partial charge on any atom is 0.321 e. The molecule has 96 valence electrons. The van der Waals surface area contributed by atoms with Crippen LogP contribution in [0, 0.1) is 17.2 Å².